The van der Waals surface area contributed by atoms with Crippen LogP contribution in [0.25, 0.3) is 5.76 Å². The molecule has 2 aromatic rings. The highest BCUT2D eigenvalue weighted by Gasteiger charge is 2.46. The highest BCUT2D eigenvalue weighted by atomic mass is 79.9. The lowest BCUT2D eigenvalue weighted by Crippen LogP contribution is -2.46. The Labute approximate surface area is 208 Å². The topological polar surface area (TPSA) is 82.1 Å². The summed E-state index contributed by atoms with van der Waals surface area (Å²) in [6, 6.07) is 13.8. The summed E-state index contributed by atoms with van der Waals surface area (Å²) in [4.78, 5) is 30.2. The highest BCUT2D eigenvalue weighted by molar-refractivity contribution is 9.10. The van der Waals surface area contributed by atoms with Crippen LogP contribution in [0.4, 0.5) is 0 Å². The number of nitrogens with zero attached hydrogens (tertiary/aromatic N) is 2. The van der Waals surface area contributed by atoms with Crippen LogP contribution in [0.5, 0.6) is 5.75 Å². The Morgan fingerprint density at radius 3 is 2.47 bits per heavy atom. The van der Waals surface area contributed by atoms with Crippen molar-refractivity contribution in [2.45, 2.75) is 26.0 Å². The van der Waals surface area contributed by atoms with E-state index in [-0.39, 0.29) is 17.4 Å². The first-order valence-corrected chi connectivity index (χ1v) is 12.4. The Balaban J connectivity index is 1.70. The van der Waals surface area contributed by atoms with Crippen molar-refractivity contribution in [1.82, 2.24) is 15.1 Å². The van der Waals surface area contributed by atoms with E-state index in [1.807, 2.05) is 38.1 Å². The lowest BCUT2D eigenvalue weighted by molar-refractivity contribution is -0.140. The van der Waals surface area contributed by atoms with Crippen molar-refractivity contribution in [1.29, 1.82) is 0 Å². The first-order chi connectivity index (χ1) is 16.3. The number of Topliss-reactive ketones (excluding diaryl/α,β-unsaturated/α-hetero) is 1. The number of amides is 1. The predicted octanol–water partition coefficient (Wildman–Crippen LogP) is 3.56. The van der Waals surface area contributed by atoms with Crippen molar-refractivity contribution in [3.63, 3.8) is 0 Å². The molecule has 0 unspecified atom stereocenters. The standard InChI is InChI=1S/C26H30BrN3O4/c1-17(2)34-21-8-6-18(7-9-21)24(31)22-23(19-4-3-5-20(27)16-19)30(26(33)25(22)32)15-14-29-12-10-28-11-13-29/h3-9,16-17,23,28,31H,10-15H2,1-2H3/t23-/m1/s1. The normalized spacial score (nSPS) is 20.8. The zero-order chi connectivity index (χ0) is 24.2. The lowest BCUT2D eigenvalue weighted by atomic mass is 9.95. The van der Waals surface area contributed by atoms with Gasteiger partial charge in [0.1, 0.15) is 11.5 Å². The summed E-state index contributed by atoms with van der Waals surface area (Å²) in [5.74, 6) is -0.748. The first kappa shape index (κ1) is 24.4. The lowest BCUT2D eigenvalue weighted by Gasteiger charge is -2.31. The van der Waals surface area contributed by atoms with Gasteiger partial charge in [0.05, 0.1) is 17.7 Å². The average molecular weight is 528 g/mol. The monoisotopic (exact) mass is 527 g/mol. The Hall–Kier alpha value is -2.68. The zero-order valence-corrected chi connectivity index (χ0v) is 21.0. The number of ketones is 1. The number of hydrogen-bond donors (Lipinski definition) is 2. The van der Waals surface area contributed by atoms with Gasteiger partial charge < -0.3 is 20.1 Å². The molecule has 0 spiro atoms. The molecule has 8 heteroatoms. The number of halogens is 1. The van der Waals surface area contributed by atoms with Gasteiger partial charge in [-0.2, -0.15) is 0 Å². The van der Waals surface area contributed by atoms with Gasteiger partial charge in [-0.15, -0.1) is 0 Å². The van der Waals surface area contributed by atoms with Gasteiger partial charge in [0.25, 0.3) is 11.7 Å². The fraction of sp³-hybridized carbons (Fsp3) is 0.385. The molecular formula is C26H30BrN3O4. The summed E-state index contributed by atoms with van der Waals surface area (Å²) in [6.07, 6.45) is 0.0250. The number of aliphatic hydroxyl groups excluding tert-OH is 1. The maximum absolute atomic E-state index is 13.2. The summed E-state index contributed by atoms with van der Waals surface area (Å²) >= 11 is 3.49. The molecule has 2 fully saturated rings. The third-order valence-electron chi connectivity index (χ3n) is 6.07. The van der Waals surface area contributed by atoms with Gasteiger partial charge in [-0.05, 0) is 55.8 Å². The summed E-state index contributed by atoms with van der Waals surface area (Å²) in [6.45, 7) is 8.56. The van der Waals surface area contributed by atoms with E-state index >= 15 is 0 Å². The third-order valence-corrected chi connectivity index (χ3v) is 6.56. The molecule has 2 saturated heterocycles. The molecule has 2 N–H and O–H groups in total. The number of likely N-dealkylation sites (tertiary alicyclic amines) is 1. The smallest absolute Gasteiger partial charge is 0.295 e. The van der Waals surface area contributed by atoms with Crippen LogP contribution in [-0.4, -0.2) is 72.0 Å². The molecule has 2 aromatic carbocycles. The molecule has 0 saturated carbocycles. The van der Waals surface area contributed by atoms with E-state index in [1.54, 1.807) is 29.2 Å². The largest absolute Gasteiger partial charge is 0.507 e. The summed E-state index contributed by atoms with van der Waals surface area (Å²) < 4.78 is 6.52. The average Bonchev–Trinajstić information content (AvgIpc) is 3.08. The minimum atomic E-state index is -0.662. The van der Waals surface area contributed by atoms with Crippen LogP contribution in [-0.2, 0) is 9.59 Å². The molecule has 2 aliphatic rings. The molecule has 2 aliphatic heterocycles. The molecule has 0 bridgehead atoms. The maximum Gasteiger partial charge on any atom is 0.295 e. The van der Waals surface area contributed by atoms with Crippen LogP contribution in [0.15, 0.2) is 58.6 Å². The number of aliphatic hydroxyl groups is 1. The number of piperazine rings is 1. The van der Waals surface area contributed by atoms with Gasteiger partial charge >= 0.3 is 0 Å². The van der Waals surface area contributed by atoms with Crippen molar-refractivity contribution in [2.75, 3.05) is 39.3 Å². The molecular weight excluding hydrogens is 498 g/mol. The van der Waals surface area contributed by atoms with E-state index in [9.17, 15) is 14.7 Å². The molecule has 0 aliphatic carbocycles. The van der Waals surface area contributed by atoms with Crippen LogP contribution in [0.3, 0.4) is 0 Å². The number of nitrogens with one attached hydrogen (secondary N) is 1. The Bertz CT molecular complexity index is 1080. The molecule has 7 nitrogen and oxygen atoms in total. The van der Waals surface area contributed by atoms with Crippen LogP contribution in [0.2, 0.25) is 0 Å². The molecule has 1 atom stereocenters. The van der Waals surface area contributed by atoms with Crippen LogP contribution in [0.1, 0.15) is 31.0 Å². The van der Waals surface area contributed by atoms with Crippen molar-refractivity contribution in [2.24, 2.45) is 0 Å². The minimum absolute atomic E-state index is 0.0250. The second-order valence-electron chi connectivity index (χ2n) is 8.83. The highest BCUT2D eigenvalue weighted by Crippen LogP contribution is 2.40. The van der Waals surface area contributed by atoms with Gasteiger partial charge in [-0.25, -0.2) is 0 Å². The van der Waals surface area contributed by atoms with Crippen molar-refractivity contribution < 1.29 is 19.4 Å². The fourth-order valence-electron chi connectivity index (χ4n) is 4.44. The van der Waals surface area contributed by atoms with E-state index in [2.05, 4.69) is 26.1 Å². The van der Waals surface area contributed by atoms with E-state index in [4.69, 9.17) is 4.74 Å². The number of benzene rings is 2. The van der Waals surface area contributed by atoms with Gasteiger partial charge in [-0.3, -0.25) is 14.5 Å². The van der Waals surface area contributed by atoms with Crippen LogP contribution < -0.4 is 10.1 Å². The number of ether oxygens (including phenoxy) is 1. The second-order valence-corrected chi connectivity index (χ2v) is 9.75. The van der Waals surface area contributed by atoms with Gasteiger partial charge in [0.15, 0.2) is 0 Å². The molecule has 0 aromatic heterocycles. The number of rotatable bonds is 7. The van der Waals surface area contributed by atoms with Crippen molar-refractivity contribution in [3.05, 3.63) is 69.7 Å². The Morgan fingerprint density at radius 2 is 1.82 bits per heavy atom. The Morgan fingerprint density at radius 1 is 1.12 bits per heavy atom. The maximum atomic E-state index is 13.2. The van der Waals surface area contributed by atoms with E-state index in [0.717, 1.165) is 36.2 Å². The van der Waals surface area contributed by atoms with E-state index in [1.165, 1.54) is 0 Å². The van der Waals surface area contributed by atoms with E-state index < -0.39 is 17.7 Å². The molecule has 0 radical (unpaired) electrons. The van der Waals surface area contributed by atoms with Crippen LogP contribution in [0, 0.1) is 0 Å². The second kappa shape index (κ2) is 10.7. The molecule has 2 heterocycles. The third kappa shape index (κ3) is 5.35. The Kier molecular flexibility index (Phi) is 7.70. The summed E-state index contributed by atoms with van der Waals surface area (Å²) in [5.41, 5.74) is 1.35. The quantitative estimate of drug-likeness (QED) is 0.325. The van der Waals surface area contributed by atoms with Crippen molar-refractivity contribution in [3.8, 4) is 5.75 Å². The SMILES string of the molecule is CC(C)Oc1ccc(C(O)=C2C(=O)C(=O)N(CCN3CCNCC3)[C@@H]2c2cccc(Br)c2)cc1. The first-order valence-electron chi connectivity index (χ1n) is 11.6. The molecule has 180 valence electrons. The molecule has 34 heavy (non-hydrogen) atoms. The molecule has 1 amide bonds. The zero-order valence-electron chi connectivity index (χ0n) is 19.5. The van der Waals surface area contributed by atoms with Crippen LogP contribution >= 0.6 is 15.9 Å². The number of carbonyl (C=O) groups is 2. The minimum Gasteiger partial charge on any atom is -0.507 e. The predicted molar refractivity (Wildman–Crippen MR) is 135 cm³/mol. The summed E-state index contributed by atoms with van der Waals surface area (Å²) in [5, 5.41) is 14.5. The number of hydrogen-bond acceptors (Lipinski definition) is 6. The van der Waals surface area contributed by atoms with Crippen molar-refractivity contribution >= 4 is 33.4 Å². The van der Waals surface area contributed by atoms with Gasteiger partial charge in [0.2, 0.25) is 0 Å². The number of carbonyl (C=O) groups excluding carboxylic acids is 2. The van der Waals surface area contributed by atoms with E-state index in [0.29, 0.717) is 24.4 Å². The molecule has 4 rings (SSSR count). The fourth-order valence-corrected chi connectivity index (χ4v) is 4.85. The van der Waals surface area contributed by atoms with Gasteiger partial charge in [-0.1, -0.05) is 28.1 Å². The van der Waals surface area contributed by atoms with Gasteiger partial charge in [0, 0.05) is 49.3 Å². The summed E-state index contributed by atoms with van der Waals surface area (Å²) in [7, 11) is 0.